The molecule has 1 heterocycles. The second-order valence-corrected chi connectivity index (χ2v) is 5.48. The molecule has 24 heavy (non-hydrogen) atoms. The molecular weight excluding hydrogens is 347 g/mol. The predicted octanol–water partition coefficient (Wildman–Crippen LogP) is 4.13. The van der Waals surface area contributed by atoms with Gasteiger partial charge < -0.3 is 14.8 Å². The maximum Gasteiger partial charge on any atom is 0.420 e. The number of alkyl halides is 3. The third kappa shape index (κ3) is 4.07. The fraction of sp³-hybridized carbons (Fsp3) is 0.286. The summed E-state index contributed by atoms with van der Waals surface area (Å²) in [6.07, 6.45) is -4.64. The van der Waals surface area contributed by atoms with E-state index in [1.54, 1.807) is 12.3 Å². The first-order chi connectivity index (χ1) is 11.2. The van der Waals surface area contributed by atoms with Gasteiger partial charge in [-0.15, -0.1) is 11.3 Å². The fourth-order valence-electron chi connectivity index (χ4n) is 1.88. The van der Waals surface area contributed by atoms with Gasteiger partial charge in [0.15, 0.2) is 5.13 Å². The molecule has 2 rings (SSSR count). The summed E-state index contributed by atoms with van der Waals surface area (Å²) in [5.74, 6) is -0.369. The van der Waals surface area contributed by atoms with Gasteiger partial charge in [-0.25, -0.2) is 9.78 Å². The number of benzene rings is 1. The number of carbonyl (C=O) groups is 1. The number of urea groups is 1. The molecule has 0 aliphatic heterocycles. The molecular formula is C14H14F3N3O3S. The molecule has 0 aliphatic rings. The van der Waals surface area contributed by atoms with Gasteiger partial charge in [0.25, 0.3) is 0 Å². The highest BCUT2D eigenvalue weighted by atomic mass is 32.1. The predicted molar refractivity (Wildman–Crippen MR) is 84.0 cm³/mol. The van der Waals surface area contributed by atoms with Crippen molar-refractivity contribution in [2.24, 2.45) is 0 Å². The molecule has 2 amide bonds. The minimum absolute atomic E-state index is 0.0327. The first-order valence-corrected chi connectivity index (χ1v) is 7.46. The van der Waals surface area contributed by atoms with E-state index in [1.165, 1.54) is 18.4 Å². The Hall–Kier alpha value is -2.49. The highest BCUT2D eigenvalue weighted by molar-refractivity contribution is 7.13. The average Bonchev–Trinajstić information content (AvgIpc) is 2.90. The number of methoxy groups -OCH3 is 2. The van der Waals surface area contributed by atoms with E-state index in [1.807, 2.05) is 0 Å². The number of aromatic nitrogens is 1. The molecule has 2 aromatic rings. The number of amides is 2. The van der Waals surface area contributed by atoms with Gasteiger partial charge in [-0.3, -0.25) is 5.32 Å². The monoisotopic (exact) mass is 361 g/mol. The molecule has 0 bridgehead atoms. The van der Waals surface area contributed by atoms with E-state index in [0.717, 1.165) is 24.9 Å². The van der Waals surface area contributed by atoms with Gasteiger partial charge in [-0.05, 0) is 13.0 Å². The molecule has 0 spiro atoms. The largest absolute Gasteiger partial charge is 0.496 e. The number of thiazole rings is 1. The smallest absolute Gasteiger partial charge is 0.420 e. The summed E-state index contributed by atoms with van der Waals surface area (Å²) in [4.78, 5) is 16.0. The summed E-state index contributed by atoms with van der Waals surface area (Å²) >= 11 is 1.20. The van der Waals surface area contributed by atoms with E-state index in [9.17, 15) is 18.0 Å². The zero-order valence-corrected chi connectivity index (χ0v) is 13.8. The molecule has 1 aromatic heterocycles. The molecule has 130 valence electrons. The van der Waals surface area contributed by atoms with Crippen LogP contribution in [0.2, 0.25) is 0 Å². The summed E-state index contributed by atoms with van der Waals surface area (Å²) in [5.41, 5.74) is -0.445. The van der Waals surface area contributed by atoms with Gasteiger partial charge in [-0.1, -0.05) is 0 Å². The maximum absolute atomic E-state index is 13.1. The van der Waals surface area contributed by atoms with Gasteiger partial charge in [-0.2, -0.15) is 13.2 Å². The zero-order valence-electron chi connectivity index (χ0n) is 12.9. The summed E-state index contributed by atoms with van der Waals surface area (Å²) in [5, 5.41) is 6.81. The molecule has 0 fully saturated rings. The first kappa shape index (κ1) is 17.9. The number of hydrogen-bond donors (Lipinski definition) is 2. The van der Waals surface area contributed by atoms with Crippen molar-refractivity contribution in [1.82, 2.24) is 4.98 Å². The number of anilines is 2. The first-order valence-electron chi connectivity index (χ1n) is 6.58. The van der Waals surface area contributed by atoms with E-state index >= 15 is 0 Å². The second kappa shape index (κ2) is 6.95. The van der Waals surface area contributed by atoms with Crippen molar-refractivity contribution >= 4 is 28.2 Å². The van der Waals surface area contributed by atoms with Crippen LogP contribution < -0.4 is 20.1 Å². The van der Waals surface area contributed by atoms with Gasteiger partial charge >= 0.3 is 12.2 Å². The normalized spacial score (nSPS) is 11.1. The molecule has 0 aliphatic carbocycles. The zero-order chi connectivity index (χ0) is 17.9. The topological polar surface area (TPSA) is 72.5 Å². The third-order valence-corrected chi connectivity index (χ3v) is 3.79. The Bertz CT molecular complexity index is 747. The quantitative estimate of drug-likeness (QED) is 0.859. The number of aryl methyl sites for hydroxylation is 1. The molecule has 1 aromatic carbocycles. The number of nitrogens with zero attached hydrogens (tertiary/aromatic N) is 1. The van der Waals surface area contributed by atoms with Crippen molar-refractivity contribution in [2.75, 3.05) is 24.9 Å². The van der Waals surface area contributed by atoms with E-state index in [-0.39, 0.29) is 11.4 Å². The molecule has 0 saturated carbocycles. The van der Waals surface area contributed by atoms with Crippen LogP contribution in [0.5, 0.6) is 11.5 Å². The standard InChI is InChI=1S/C14H14F3N3O3S/c1-7-6-24-13(18-7)20-12(21)19-9-4-8(14(15,16)17)10(22-2)5-11(9)23-3/h4-6H,1-3H3,(H2,18,19,20,21). The van der Waals surface area contributed by atoms with Crippen LogP contribution in [0.3, 0.4) is 0 Å². The number of rotatable bonds is 4. The molecule has 2 N–H and O–H groups in total. The number of hydrogen-bond acceptors (Lipinski definition) is 5. The van der Waals surface area contributed by atoms with E-state index in [4.69, 9.17) is 9.47 Å². The third-order valence-electron chi connectivity index (χ3n) is 2.91. The minimum atomic E-state index is -4.64. The van der Waals surface area contributed by atoms with Crippen molar-refractivity contribution in [3.05, 3.63) is 28.8 Å². The Morgan fingerprint density at radius 2 is 1.83 bits per heavy atom. The van der Waals surface area contributed by atoms with Crippen LogP contribution >= 0.6 is 11.3 Å². The SMILES string of the molecule is COc1cc(OC)c(C(F)(F)F)cc1NC(=O)Nc1nc(C)cs1. The Kier molecular flexibility index (Phi) is 5.17. The Balaban J connectivity index is 2.29. The van der Waals surface area contributed by atoms with E-state index in [2.05, 4.69) is 15.6 Å². The Labute approximate surface area is 139 Å². The van der Waals surface area contributed by atoms with Crippen LogP contribution in [0, 0.1) is 6.92 Å². The lowest BCUT2D eigenvalue weighted by Gasteiger charge is -2.17. The van der Waals surface area contributed by atoms with E-state index in [0.29, 0.717) is 5.13 Å². The van der Waals surface area contributed by atoms with Crippen molar-refractivity contribution in [3.63, 3.8) is 0 Å². The molecule has 6 nitrogen and oxygen atoms in total. The van der Waals surface area contributed by atoms with Crippen molar-refractivity contribution in [3.8, 4) is 11.5 Å². The van der Waals surface area contributed by atoms with Crippen molar-refractivity contribution in [2.45, 2.75) is 13.1 Å². The summed E-state index contributed by atoms with van der Waals surface area (Å²) in [6.45, 7) is 1.75. The Morgan fingerprint density at radius 3 is 2.33 bits per heavy atom. The van der Waals surface area contributed by atoms with E-state index < -0.39 is 23.5 Å². The van der Waals surface area contributed by atoms with Crippen LogP contribution in [0.25, 0.3) is 0 Å². The summed E-state index contributed by atoms with van der Waals surface area (Å²) in [6, 6.07) is 1.08. The molecule has 0 radical (unpaired) electrons. The van der Waals surface area contributed by atoms with Gasteiger partial charge in [0, 0.05) is 11.4 Å². The summed E-state index contributed by atoms with van der Waals surface area (Å²) in [7, 11) is 2.39. The Morgan fingerprint density at radius 1 is 1.17 bits per heavy atom. The highest BCUT2D eigenvalue weighted by Gasteiger charge is 2.35. The maximum atomic E-state index is 13.1. The molecule has 0 saturated heterocycles. The average molecular weight is 361 g/mol. The van der Waals surface area contributed by atoms with Crippen LogP contribution in [0.4, 0.5) is 28.8 Å². The van der Waals surface area contributed by atoms with Gasteiger partial charge in [0.1, 0.15) is 11.5 Å². The molecule has 10 heteroatoms. The highest BCUT2D eigenvalue weighted by Crippen LogP contribution is 2.41. The van der Waals surface area contributed by atoms with Crippen LogP contribution in [-0.2, 0) is 6.18 Å². The summed E-state index contributed by atoms with van der Waals surface area (Å²) < 4.78 is 49.0. The second-order valence-electron chi connectivity index (χ2n) is 4.62. The van der Waals surface area contributed by atoms with Crippen molar-refractivity contribution in [1.29, 1.82) is 0 Å². The van der Waals surface area contributed by atoms with Crippen molar-refractivity contribution < 1.29 is 27.4 Å². The lowest BCUT2D eigenvalue weighted by Crippen LogP contribution is -2.20. The fourth-order valence-corrected chi connectivity index (χ4v) is 2.56. The lowest BCUT2D eigenvalue weighted by molar-refractivity contribution is -0.138. The lowest BCUT2D eigenvalue weighted by atomic mass is 10.1. The minimum Gasteiger partial charge on any atom is -0.496 e. The molecule has 0 atom stereocenters. The number of halogens is 3. The number of ether oxygens (including phenoxy) is 2. The van der Waals surface area contributed by atoms with Gasteiger partial charge in [0.05, 0.1) is 31.2 Å². The van der Waals surface area contributed by atoms with Gasteiger partial charge in [0.2, 0.25) is 0 Å². The molecule has 0 unspecified atom stereocenters. The number of carbonyl (C=O) groups excluding carboxylic acids is 1. The van der Waals surface area contributed by atoms with Crippen LogP contribution in [0.15, 0.2) is 17.5 Å². The number of nitrogens with one attached hydrogen (secondary N) is 2. The van der Waals surface area contributed by atoms with Crippen LogP contribution in [-0.4, -0.2) is 25.2 Å². The van der Waals surface area contributed by atoms with Crippen LogP contribution in [0.1, 0.15) is 11.3 Å².